The van der Waals surface area contributed by atoms with Crippen molar-refractivity contribution in [1.82, 2.24) is 4.90 Å². The Kier molecular flexibility index (Phi) is 7.90. The summed E-state index contributed by atoms with van der Waals surface area (Å²) < 4.78 is 23.5. The summed E-state index contributed by atoms with van der Waals surface area (Å²) in [6.45, 7) is 11.1. The number of hydrogen-bond acceptors (Lipinski definition) is 3. The third-order valence-electron chi connectivity index (χ3n) is 6.65. The monoisotopic (exact) mass is 473 g/mol. The molecule has 1 atom stereocenters. The van der Waals surface area contributed by atoms with E-state index in [-0.39, 0.29) is 5.41 Å². The summed E-state index contributed by atoms with van der Waals surface area (Å²) in [5.41, 5.74) is 3.95. The van der Waals surface area contributed by atoms with E-state index in [0.29, 0.717) is 16.9 Å². The zero-order valence-corrected chi connectivity index (χ0v) is 21.5. The number of allylic oxidation sites excluding steroid dienone is 1. The zero-order chi connectivity index (χ0) is 23.5. The van der Waals surface area contributed by atoms with Gasteiger partial charge in [-0.25, -0.2) is 8.42 Å². The number of nitrogens with zero attached hydrogens (tertiary/aromatic N) is 1. The molecule has 0 amide bonds. The van der Waals surface area contributed by atoms with Crippen molar-refractivity contribution in [3.8, 4) is 0 Å². The Bertz CT molecular complexity index is 1030. The Hall–Kier alpha value is -1.62. The highest BCUT2D eigenvalue weighted by Crippen LogP contribution is 2.35. The molecular weight excluding hydrogens is 438 g/mol. The number of benzene rings is 2. The van der Waals surface area contributed by atoms with E-state index in [1.165, 1.54) is 23.0 Å². The van der Waals surface area contributed by atoms with E-state index in [1.807, 2.05) is 24.3 Å². The minimum Gasteiger partial charge on any atom is -0.297 e. The fourth-order valence-electron chi connectivity index (χ4n) is 4.77. The van der Waals surface area contributed by atoms with Gasteiger partial charge in [-0.3, -0.25) is 4.90 Å². The lowest BCUT2D eigenvalue weighted by Crippen LogP contribution is -2.43. The minimum absolute atomic E-state index is 0.0412. The highest BCUT2D eigenvalue weighted by atomic mass is 35.5. The highest BCUT2D eigenvalue weighted by molar-refractivity contribution is 7.90. The fraction of sp³-hybridized carbons (Fsp3) is 0.481. The van der Waals surface area contributed by atoms with Gasteiger partial charge in [-0.05, 0) is 92.9 Å². The van der Waals surface area contributed by atoms with Crippen LogP contribution in [0.2, 0.25) is 5.02 Å². The molecule has 0 aromatic heterocycles. The molecule has 1 saturated heterocycles. The molecule has 1 fully saturated rings. The first-order valence-corrected chi connectivity index (χ1v) is 13.7. The normalized spacial score (nSPS) is 17.2. The van der Waals surface area contributed by atoms with Crippen LogP contribution in [0.25, 0.3) is 0 Å². The Morgan fingerprint density at radius 3 is 2.12 bits per heavy atom. The first-order chi connectivity index (χ1) is 15.0. The summed E-state index contributed by atoms with van der Waals surface area (Å²) in [4.78, 5) is 3.01. The molecule has 0 aliphatic carbocycles. The fourth-order valence-corrected chi connectivity index (χ4v) is 5.53. The van der Waals surface area contributed by atoms with Crippen LogP contribution in [0.15, 0.2) is 65.1 Å². The molecule has 0 N–H and O–H groups in total. The smallest absolute Gasteiger partial charge is 0.175 e. The maximum Gasteiger partial charge on any atom is 0.175 e. The first kappa shape index (κ1) is 25.0. The van der Waals surface area contributed by atoms with Gasteiger partial charge in [0.25, 0.3) is 0 Å². The lowest BCUT2D eigenvalue weighted by Gasteiger charge is -2.40. The Morgan fingerprint density at radius 1 is 1.06 bits per heavy atom. The van der Waals surface area contributed by atoms with Crippen LogP contribution in [0.3, 0.4) is 0 Å². The predicted molar refractivity (Wildman–Crippen MR) is 135 cm³/mol. The van der Waals surface area contributed by atoms with E-state index in [0.717, 1.165) is 37.4 Å². The SMILES string of the molecule is CC(C)=CC(CC(C)(C)c1ccc(Cl)cc1)N1CCC(c2ccc(S(C)(=O)=O)cc2)CC1. The number of piperidine rings is 1. The molecule has 0 radical (unpaired) electrons. The Morgan fingerprint density at radius 2 is 1.62 bits per heavy atom. The molecule has 3 nitrogen and oxygen atoms in total. The van der Waals surface area contributed by atoms with Crippen molar-refractivity contribution in [3.05, 3.63) is 76.3 Å². The molecule has 3 rings (SSSR count). The maximum absolute atomic E-state index is 11.7. The van der Waals surface area contributed by atoms with Crippen molar-refractivity contribution in [2.75, 3.05) is 19.3 Å². The largest absolute Gasteiger partial charge is 0.297 e. The first-order valence-electron chi connectivity index (χ1n) is 11.4. The van der Waals surface area contributed by atoms with E-state index < -0.39 is 9.84 Å². The highest BCUT2D eigenvalue weighted by Gasteiger charge is 2.30. The zero-order valence-electron chi connectivity index (χ0n) is 19.9. The summed E-state index contributed by atoms with van der Waals surface area (Å²) in [5, 5.41) is 0.775. The standard InChI is InChI=1S/C27H36ClNO2S/c1-20(2)18-25(19-27(3,4)23-8-10-24(28)11-9-23)29-16-14-22(15-17-29)21-6-12-26(13-7-21)32(5,30)31/h6-13,18,22,25H,14-17,19H2,1-5H3. The van der Waals surface area contributed by atoms with Crippen molar-refractivity contribution in [1.29, 1.82) is 0 Å². The molecule has 32 heavy (non-hydrogen) atoms. The molecule has 1 aliphatic rings. The van der Waals surface area contributed by atoms with Gasteiger partial charge in [0.1, 0.15) is 0 Å². The van der Waals surface area contributed by atoms with Gasteiger partial charge in [-0.15, -0.1) is 0 Å². The maximum atomic E-state index is 11.7. The third-order valence-corrected chi connectivity index (χ3v) is 8.03. The number of likely N-dealkylation sites (tertiary alicyclic amines) is 1. The molecule has 2 aromatic carbocycles. The van der Waals surface area contributed by atoms with Crippen molar-refractivity contribution >= 4 is 21.4 Å². The number of halogens is 1. The summed E-state index contributed by atoms with van der Waals surface area (Å²) in [6, 6.07) is 16.1. The van der Waals surface area contributed by atoms with Gasteiger partial charge in [-0.2, -0.15) is 0 Å². The minimum atomic E-state index is -3.15. The molecule has 0 spiro atoms. The van der Waals surface area contributed by atoms with Crippen LogP contribution < -0.4 is 0 Å². The van der Waals surface area contributed by atoms with Gasteiger partial charge in [0, 0.05) is 17.3 Å². The molecule has 1 heterocycles. The van der Waals surface area contributed by atoms with E-state index >= 15 is 0 Å². The summed E-state index contributed by atoms with van der Waals surface area (Å²) >= 11 is 6.11. The van der Waals surface area contributed by atoms with Crippen LogP contribution >= 0.6 is 11.6 Å². The molecule has 0 saturated carbocycles. The topological polar surface area (TPSA) is 37.4 Å². The Labute approximate surface area is 199 Å². The van der Waals surface area contributed by atoms with Gasteiger partial charge >= 0.3 is 0 Å². The second kappa shape index (κ2) is 10.1. The molecule has 2 aromatic rings. The van der Waals surface area contributed by atoms with Gasteiger partial charge in [-0.1, -0.05) is 61.4 Å². The second-order valence-corrected chi connectivity index (χ2v) is 12.5. The van der Waals surface area contributed by atoms with Crippen molar-refractivity contribution in [3.63, 3.8) is 0 Å². The van der Waals surface area contributed by atoms with Crippen LogP contribution in [-0.4, -0.2) is 38.7 Å². The summed E-state index contributed by atoms with van der Waals surface area (Å²) in [5.74, 6) is 0.483. The molecule has 5 heteroatoms. The molecule has 174 valence electrons. The summed E-state index contributed by atoms with van der Waals surface area (Å²) in [7, 11) is -3.15. The quantitative estimate of drug-likeness (QED) is 0.423. The number of hydrogen-bond donors (Lipinski definition) is 0. The van der Waals surface area contributed by atoms with E-state index in [4.69, 9.17) is 11.6 Å². The number of sulfone groups is 1. The predicted octanol–water partition coefficient (Wildman–Crippen LogP) is 6.63. The van der Waals surface area contributed by atoms with Crippen LogP contribution in [0.5, 0.6) is 0 Å². The lowest BCUT2D eigenvalue weighted by molar-refractivity contribution is 0.155. The van der Waals surface area contributed by atoms with Crippen LogP contribution in [0.4, 0.5) is 0 Å². The average molecular weight is 474 g/mol. The molecule has 1 unspecified atom stereocenters. The van der Waals surface area contributed by atoms with E-state index in [2.05, 4.69) is 50.8 Å². The molecule has 1 aliphatic heterocycles. The average Bonchev–Trinajstić information content (AvgIpc) is 2.73. The molecule has 0 bridgehead atoms. The van der Waals surface area contributed by atoms with E-state index in [9.17, 15) is 8.42 Å². The van der Waals surface area contributed by atoms with Crippen LogP contribution in [-0.2, 0) is 15.3 Å². The van der Waals surface area contributed by atoms with Gasteiger partial charge < -0.3 is 0 Å². The second-order valence-electron chi connectivity index (χ2n) is 10.1. The third kappa shape index (κ3) is 6.46. The number of rotatable bonds is 7. The van der Waals surface area contributed by atoms with Crippen molar-refractivity contribution in [2.45, 2.75) is 69.2 Å². The van der Waals surface area contributed by atoms with Crippen molar-refractivity contribution < 1.29 is 8.42 Å². The van der Waals surface area contributed by atoms with Crippen LogP contribution in [0.1, 0.15) is 64.0 Å². The Balaban J connectivity index is 1.70. The summed E-state index contributed by atoms with van der Waals surface area (Å²) in [6.07, 6.45) is 6.90. The lowest BCUT2D eigenvalue weighted by atomic mass is 9.78. The molecular formula is C27H36ClNO2S. The van der Waals surface area contributed by atoms with Crippen molar-refractivity contribution in [2.24, 2.45) is 0 Å². The van der Waals surface area contributed by atoms with Gasteiger partial charge in [0.05, 0.1) is 4.90 Å². The van der Waals surface area contributed by atoms with Gasteiger partial charge in [0.2, 0.25) is 0 Å². The van der Waals surface area contributed by atoms with Gasteiger partial charge in [0.15, 0.2) is 9.84 Å². The van der Waals surface area contributed by atoms with Crippen LogP contribution in [0, 0.1) is 0 Å². The van der Waals surface area contributed by atoms with E-state index in [1.54, 1.807) is 12.1 Å².